The Labute approximate surface area is 357 Å². The van der Waals surface area contributed by atoms with Gasteiger partial charge in [0.15, 0.2) is 0 Å². The van der Waals surface area contributed by atoms with Crippen LogP contribution in [0.15, 0.2) is 212 Å². The first kappa shape index (κ1) is 17.9. The monoisotopic (exact) mass is 745 g/mol. The lowest BCUT2D eigenvalue weighted by atomic mass is 10.0. The van der Waals surface area contributed by atoms with Crippen molar-refractivity contribution in [3.8, 4) is 39.3 Å². The predicted molar refractivity (Wildman–Crippen MR) is 240 cm³/mol. The molecular formula is C54H35N3. The Morgan fingerprint density at radius 1 is 0.281 bits per heavy atom. The van der Waals surface area contributed by atoms with Gasteiger partial charge in [0, 0.05) is 49.4 Å². The minimum atomic E-state index is -0.800. The first-order valence-electron chi connectivity index (χ1n) is 28.0. The van der Waals surface area contributed by atoms with Gasteiger partial charge in [-0.2, -0.15) is 0 Å². The lowest BCUT2D eigenvalue weighted by molar-refractivity contribution is 1.17. The summed E-state index contributed by atoms with van der Waals surface area (Å²) in [5, 5.41) is -1.46. The molecule has 3 nitrogen and oxygen atoms in total. The summed E-state index contributed by atoms with van der Waals surface area (Å²) in [6.07, 6.45) is 0. The zero-order valence-corrected chi connectivity index (χ0v) is 29.5. The molecule has 0 N–H and O–H groups in total. The van der Waals surface area contributed by atoms with E-state index in [1.807, 2.05) is 36.4 Å². The maximum Gasteiger partial charge on any atom is 0.0652 e. The van der Waals surface area contributed by atoms with E-state index in [1.54, 1.807) is 48.5 Å². The number of fused-ring (bicyclic) bond motifs is 9. The molecule has 0 spiro atoms. The average Bonchev–Trinajstić information content (AvgIpc) is 4.13. The van der Waals surface area contributed by atoms with Gasteiger partial charge in [0.25, 0.3) is 0 Å². The molecule has 3 heterocycles. The Morgan fingerprint density at radius 2 is 0.754 bits per heavy atom. The van der Waals surface area contributed by atoms with Crippen molar-refractivity contribution in [2.75, 3.05) is 0 Å². The molecule has 0 unspecified atom stereocenters. The van der Waals surface area contributed by atoms with Crippen LogP contribution < -0.4 is 0 Å². The van der Waals surface area contributed by atoms with Gasteiger partial charge in [0.1, 0.15) is 0 Å². The summed E-state index contributed by atoms with van der Waals surface area (Å²) in [6.45, 7) is 0. The van der Waals surface area contributed by atoms with E-state index in [0.29, 0.717) is 16.9 Å². The van der Waals surface area contributed by atoms with Gasteiger partial charge in [-0.25, -0.2) is 0 Å². The third-order valence-corrected chi connectivity index (χ3v) is 10.2. The third-order valence-electron chi connectivity index (χ3n) is 10.2. The molecule has 0 aliphatic heterocycles. The number of benzene rings is 9. The van der Waals surface area contributed by atoms with Gasteiger partial charge in [-0.15, -0.1) is 0 Å². The molecule has 12 aromatic rings. The second kappa shape index (κ2) is 12.5. The van der Waals surface area contributed by atoms with Crippen LogP contribution in [0.25, 0.3) is 105 Å². The molecule has 0 aliphatic rings. The summed E-state index contributed by atoms with van der Waals surface area (Å²) in [7, 11) is 0. The highest BCUT2D eigenvalue weighted by molar-refractivity contribution is 6.14. The van der Waals surface area contributed by atoms with Crippen molar-refractivity contribution in [1.82, 2.24) is 13.7 Å². The van der Waals surface area contributed by atoms with Gasteiger partial charge < -0.3 is 13.7 Å². The van der Waals surface area contributed by atoms with E-state index in [1.165, 1.54) is 15.2 Å². The summed E-state index contributed by atoms with van der Waals surface area (Å²) in [5.41, 5.74) is -0.436. The lowest BCUT2D eigenvalue weighted by Crippen LogP contribution is -1.96. The van der Waals surface area contributed by atoms with Crippen LogP contribution in [-0.2, 0) is 0 Å². The van der Waals surface area contributed by atoms with Gasteiger partial charge in [0.2, 0.25) is 0 Å². The quantitative estimate of drug-likeness (QED) is 0.167. The summed E-state index contributed by atoms with van der Waals surface area (Å²) >= 11 is 0. The molecule has 0 saturated heterocycles. The smallest absolute Gasteiger partial charge is 0.0652 e. The van der Waals surface area contributed by atoms with Crippen LogP contribution in [0.2, 0.25) is 0 Å². The molecule has 57 heavy (non-hydrogen) atoms. The fraction of sp³-hybridized carbons (Fsp3) is 0. The molecule has 12 rings (SSSR count). The average molecular weight is 746 g/mol. The Morgan fingerprint density at radius 3 is 1.42 bits per heavy atom. The zero-order valence-electron chi connectivity index (χ0n) is 49.5. The van der Waals surface area contributed by atoms with E-state index in [4.69, 9.17) is 11.0 Å². The predicted octanol–water partition coefficient (Wildman–Crippen LogP) is 14.3. The van der Waals surface area contributed by atoms with Crippen LogP contribution in [0.5, 0.6) is 0 Å². The molecule has 0 amide bonds. The number of nitrogens with zero attached hydrogens (tertiary/aromatic N) is 3. The normalized spacial score (nSPS) is 16.8. The molecule has 0 bridgehead atoms. The number of hydrogen-bond acceptors (Lipinski definition) is 0. The lowest BCUT2D eigenvalue weighted by Gasteiger charge is -2.12. The molecule has 3 heteroatoms. The van der Waals surface area contributed by atoms with E-state index in [0.717, 1.165) is 10.1 Å². The highest BCUT2D eigenvalue weighted by atomic mass is 15.0. The van der Waals surface area contributed by atoms with Crippen LogP contribution in [0, 0.1) is 0 Å². The van der Waals surface area contributed by atoms with Gasteiger partial charge in [-0.05, 0) is 107 Å². The van der Waals surface area contributed by atoms with E-state index in [-0.39, 0.29) is 43.6 Å². The van der Waals surface area contributed by atoms with Crippen LogP contribution in [0.3, 0.4) is 0 Å². The van der Waals surface area contributed by atoms with Crippen LogP contribution in [0.4, 0.5) is 0 Å². The number of aromatic nitrogens is 3. The summed E-state index contributed by atoms with van der Waals surface area (Å²) in [5.74, 6) is 0. The first-order valence-corrected chi connectivity index (χ1v) is 18.0. The minimum Gasteiger partial charge on any atom is -0.309 e. The van der Waals surface area contributed by atoms with Crippen LogP contribution >= 0.6 is 0 Å². The largest absolute Gasteiger partial charge is 0.309 e. The second-order valence-electron chi connectivity index (χ2n) is 13.4. The van der Waals surface area contributed by atoms with E-state index < -0.39 is 159 Å². The second-order valence-corrected chi connectivity index (χ2v) is 13.4. The van der Waals surface area contributed by atoms with Crippen molar-refractivity contribution in [2.24, 2.45) is 0 Å². The Bertz CT molecular complexity index is 4680. The molecule has 0 aliphatic carbocycles. The zero-order chi connectivity index (χ0) is 54.9. The van der Waals surface area contributed by atoms with Gasteiger partial charge in [0.05, 0.1) is 60.5 Å². The van der Waals surface area contributed by atoms with Crippen molar-refractivity contribution in [3.05, 3.63) is 212 Å². The van der Waals surface area contributed by atoms with Crippen molar-refractivity contribution < 1.29 is 27.4 Å². The van der Waals surface area contributed by atoms with E-state index in [9.17, 15) is 16.4 Å². The molecule has 0 fully saturated rings. The summed E-state index contributed by atoms with van der Waals surface area (Å²) < 4.78 is 190. The fourth-order valence-corrected chi connectivity index (χ4v) is 7.75. The molecule has 0 saturated carbocycles. The fourth-order valence-electron chi connectivity index (χ4n) is 7.75. The summed E-state index contributed by atoms with van der Waals surface area (Å²) in [6, 6.07) is 13.0. The number of para-hydroxylation sites is 4. The van der Waals surface area contributed by atoms with Crippen molar-refractivity contribution in [1.29, 1.82) is 0 Å². The topological polar surface area (TPSA) is 14.8 Å². The highest BCUT2D eigenvalue weighted by Gasteiger charge is 2.18. The standard InChI is InChI=1S/C54H35N3/c1-3-14-36(15-4-1)37-16-13-19-41(32-37)56-51-25-12-9-22-45(51)48-35-42(28-31-54(48)56)57-50-24-11-8-21-44(50)47-34-39(27-30-53(47)57)38-26-29-52-46(33-38)43-20-7-10-23-49(43)55(52)40-17-5-2-6-18-40/h1-35H/i7D,8D,9D,10D,11D,12D,20D,21D,22D,23D,24D,25D,26D,27D,28D,30D,31D,33D,34D,35D. The maximum atomic E-state index is 10.1. The van der Waals surface area contributed by atoms with Crippen molar-refractivity contribution in [3.63, 3.8) is 0 Å². The molecular weight excluding hydrogens is 691 g/mol. The third kappa shape index (κ3) is 4.86. The van der Waals surface area contributed by atoms with Gasteiger partial charge in [-0.3, -0.25) is 0 Å². The minimum absolute atomic E-state index is 0.0160. The Hall–Kier alpha value is -7.62. The molecule has 9 aromatic carbocycles. The van der Waals surface area contributed by atoms with E-state index >= 15 is 0 Å². The van der Waals surface area contributed by atoms with Crippen molar-refractivity contribution >= 4 is 65.4 Å². The molecule has 0 atom stereocenters. The molecule has 266 valence electrons. The van der Waals surface area contributed by atoms with E-state index in [2.05, 4.69) is 0 Å². The van der Waals surface area contributed by atoms with Gasteiger partial charge in [-0.1, -0.05) is 127 Å². The number of rotatable bonds is 5. The van der Waals surface area contributed by atoms with Crippen LogP contribution in [0.1, 0.15) is 27.4 Å². The highest BCUT2D eigenvalue weighted by Crippen LogP contribution is 2.40. The van der Waals surface area contributed by atoms with Gasteiger partial charge >= 0.3 is 0 Å². The molecule has 3 aromatic heterocycles. The Balaban J connectivity index is 1.23. The van der Waals surface area contributed by atoms with Crippen molar-refractivity contribution in [2.45, 2.75) is 0 Å². The number of hydrogen-bond donors (Lipinski definition) is 0. The van der Waals surface area contributed by atoms with Crippen LogP contribution in [-0.4, -0.2) is 13.7 Å². The summed E-state index contributed by atoms with van der Waals surface area (Å²) in [4.78, 5) is 0. The first-order chi connectivity index (χ1) is 36.6. The molecule has 0 radical (unpaired) electrons. The maximum absolute atomic E-state index is 10.1. The Kier molecular flexibility index (Phi) is 3.91. The SMILES string of the molecule is [2H]c1cc2c(c([2H])c1-c1c([2H])c([2H])c3c(c1[2H])c1c([2H])c([2H])c([2H])c([2H])c1n3-c1c([2H])c([2H])c3c(c1[2H])c1c([2H])c([2H])c([2H])c([2H])c1n3-c1cccc(-c3ccccc3)c1)c1c([2H])c([2H])c([2H])c([2H])c1n2-c1ccccc1.